The van der Waals surface area contributed by atoms with E-state index in [1.807, 2.05) is 19.1 Å². The zero-order valence-corrected chi connectivity index (χ0v) is 12.7. The van der Waals surface area contributed by atoms with Gasteiger partial charge in [-0.05, 0) is 42.3 Å². The van der Waals surface area contributed by atoms with Crippen LogP contribution in [0.2, 0.25) is 0 Å². The van der Waals surface area contributed by atoms with Gasteiger partial charge in [0.2, 0.25) is 6.79 Å². The minimum absolute atomic E-state index is 0.0188. The molecule has 2 aromatic rings. The van der Waals surface area contributed by atoms with Gasteiger partial charge in [-0.25, -0.2) is 0 Å². The van der Waals surface area contributed by atoms with Crippen molar-refractivity contribution in [3.8, 4) is 17.2 Å². The number of fused-ring (bicyclic) bond motifs is 2. The Morgan fingerprint density at radius 1 is 1.00 bits per heavy atom. The van der Waals surface area contributed by atoms with E-state index in [2.05, 4.69) is 43.3 Å². The summed E-state index contributed by atoms with van der Waals surface area (Å²) in [5.74, 6) is 2.89. The molecule has 0 bridgehead atoms. The van der Waals surface area contributed by atoms with Crippen molar-refractivity contribution in [3.63, 3.8) is 0 Å². The van der Waals surface area contributed by atoms with E-state index in [1.165, 1.54) is 11.1 Å². The van der Waals surface area contributed by atoms with Gasteiger partial charge in [0.15, 0.2) is 11.5 Å². The molecule has 0 saturated heterocycles. The van der Waals surface area contributed by atoms with Gasteiger partial charge in [-0.2, -0.15) is 0 Å². The summed E-state index contributed by atoms with van der Waals surface area (Å²) >= 11 is 0. The fourth-order valence-electron chi connectivity index (χ4n) is 3.17. The van der Waals surface area contributed by atoms with Gasteiger partial charge in [-0.15, -0.1) is 0 Å². The normalized spacial score (nSPS) is 21.9. The number of benzene rings is 2. The van der Waals surface area contributed by atoms with Crippen LogP contribution in [0.3, 0.4) is 0 Å². The summed E-state index contributed by atoms with van der Waals surface area (Å²) in [7, 11) is 0. The molecule has 4 rings (SSSR count). The van der Waals surface area contributed by atoms with E-state index < -0.39 is 0 Å². The lowest BCUT2D eigenvalue weighted by Crippen LogP contribution is -2.07. The predicted molar refractivity (Wildman–Crippen MR) is 85.5 cm³/mol. The second-order valence-corrected chi connectivity index (χ2v) is 5.74. The van der Waals surface area contributed by atoms with E-state index in [0.29, 0.717) is 12.7 Å². The Balaban J connectivity index is 1.68. The Hall–Kier alpha value is -2.42. The topological polar surface area (TPSA) is 27.7 Å². The maximum atomic E-state index is 6.18. The zero-order chi connectivity index (χ0) is 15.1. The molecule has 0 fully saturated rings. The Labute approximate surface area is 130 Å². The molecule has 2 aliphatic rings. The molecule has 0 saturated carbocycles. The van der Waals surface area contributed by atoms with Gasteiger partial charge in [-0.1, -0.05) is 31.2 Å². The molecule has 2 aliphatic heterocycles. The summed E-state index contributed by atoms with van der Waals surface area (Å²) in [4.78, 5) is 0. The molecule has 0 amide bonds. The van der Waals surface area contributed by atoms with Crippen molar-refractivity contribution >= 4 is 6.08 Å². The molecule has 2 atom stereocenters. The highest BCUT2D eigenvalue weighted by Crippen LogP contribution is 2.47. The van der Waals surface area contributed by atoms with Gasteiger partial charge in [0, 0.05) is 11.5 Å². The number of ether oxygens (including phenoxy) is 3. The first-order chi connectivity index (χ1) is 10.8. The van der Waals surface area contributed by atoms with E-state index >= 15 is 0 Å². The molecule has 0 spiro atoms. The number of rotatable bonds is 2. The summed E-state index contributed by atoms with van der Waals surface area (Å²) in [6, 6.07) is 12.4. The van der Waals surface area contributed by atoms with Crippen LogP contribution in [-0.2, 0) is 0 Å². The largest absolute Gasteiger partial charge is 0.485 e. The monoisotopic (exact) mass is 294 g/mol. The Morgan fingerprint density at radius 2 is 1.82 bits per heavy atom. The van der Waals surface area contributed by atoms with Crippen molar-refractivity contribution < 1.29 is 14.2 Å². The van der Waals surface area contributed by atoms with E-state index in [0.717, 1.165) is 22.8 Å². The quantitative estimate of drug-likeness (QED) is 0.804. The van der Waals surface area contributed by atoms with Crippen LogP contribution in [0.4, 0.5) is 0 Å². The maximum Gasteiger partial charge on any atom is 0.231 e. The van der Waals surface area contributed by atoms with Crippen LogP contribution in [0.15, 0.2) is 42.5 Å². The lowest BCUT2D eigenvalue weighted by molar-refractivity contribution is 0.173. The Bertz CT molecular complexity index is 748. The predicted octanol–water partition coefficient (Wildman–Crippen LogP) is 4.69. The second-order valence-electron chi connectivity index (χ2n) is 5.74. The van der Waals surface area contributed by atoms with Gasteiger partial charge in [0.05, 0.1) is 0 Å². The van der Waals surface area contributed by atoms with E-state index in [1.54, 1.807) is 0 Å². The van der Waals surface area contributed by atoms with Gasteiger partial charge in [0.25, 0.3) is 0 Å². The average molecular weight is 294 g/mol. The minimum Gasteiger partial charge on any atom is -0.485 e. The fourth-order valence-corrected chi connectivity index (χ4v) is 3.17. The maximum absolute atomic E-state index is 6.18. The summed E-state index contributed by atoms with van der Waals surface area (Å²) in [5, 5.41) is 0. The van der Waals surface area contributed by atoms with E-state index in [-0.39, 0.29) is 6.10 Å². The molecule has 3 heteroatoms. The molecule has 0 N–H and O–H groups in total. The first-order valence-corrected chi connectivity index (χ1v) is 7.59. The zero-order valence-electron chi connectivity index (χ0n) is 12.7. The SMILES string of the molecule is C/C=C/c1ccc2c(c1)[C@@H](C)[C@H](c1ccc3c(c1)OCO3)O2. The summed E-state index contributed by atoms with van der Waals surface area (Å²) < 4.78 is 17.0. The Morgan fingerprint density at radius 3 is 2.68 bits per heavy atom. The van der Waals surface area contributed by atoms with E-state index in [9.17, 15) is 0 Å². The van der Waals surface area contributed by atoms with Crippen molar-refractivity contribution in [2.24, 2.45) is 0 Å². The Kier molecular flexibility index (Phi) is 3.07. The molecule has 22 heavy (non-hydrogen) atoms. The third-order valence-corrected chi connectivity index (χ3v) is 4.32. The van der Waals surface area contributed by atoms with Crippen molar-refractivity contribution in [1.82, 2.24) is 0 Å². The first kappa shape index (κ1) is 13.3. The highest BCUT2D eigenvalue weighted by atomic mass is 16.7. The smallest absolute Gasteiger partial charge is 0.231 e. The fraction of sp³-hybridized carbons (Fsp3) is 0.263. The molecule has 3 nitrogen and oxygen atoms in total. The van der Waals surface area contributed by atoms with E-state index in [4.69, 9.17) is 14.2 Å². The molecular formula is C19H18O3. The summed E-state index contributed by atoms with van der Waals surface area (Å²) in [6.07, 6.45) is 4.18. The molecule has 0 aliphatic carbocycles. The number of allylic oxidation sites excluding steroid dienone is 1. The number of hydrogen-bond acceptors (Lipinski definition) is 3. The van der Waals surface area contributed by atoms with Gasteiger partial charge >= 0.3 is 0 Å². The average Bonchev–Trinajstić information content (AvgIpc) is 3.12. The third kappa shape index (κ3) is 2.05. The van der Waals surface area contributed by atoms with Crippen LogP contribution >= 0.6 is 0 Å². The second kappa shape index (κ2) is 5.09. The molecule has 0 aromatic heterocycles. The van der Waals surface area contributed by atoms with Gasteiger partial charge in [-0.3, -0.25) is 0 Å². The number of hydrogen-bond donors (Lipinski definition) is 0. The van der Waals surface area contributed by atoms with Crippen molar-refractivity contribution in [1.29, 1.82) is 0 Å². The standard InChI is InChI=1S/C19H18O3/c1-3-4-13-5-7-16-15(9-13)12(2)19(22-16)14-6-8-17-18(10-14)21-11-20-17/h3-10,12,19H,11H2,1-2H3/b4-3+/t12-,19-/m1/s1. The highest BCUT2D eigenvalue weighted by molar-refractivity contribution is 5.56. The van der Waals surface area contributed by atoms with Gasteiger partial charge < -0.3 is 14.2 Å². The van der Waals surface area contributed by atoms with Crippen LogP contribution < -0.4 is 14.2 Å². The summed E-state index contributed by atoms with van der Waals surface area (Å²) in [6.45, 7) is 4.54. The first-order valence-electron chi connectivity index (χ1n) is 7.59. The molecule has 2 heterocycles. The van der Waals surface area contributed by atoms with Crippen LogP contribution in [0.5, 0.6) is 17.2 Å². The minimum atomic E-state index is 0.0188. The van der Waals surface area contributed by atoms with Crippen LogP contribution in [-0.4, -0.2) is 6.79 Å². The van der Waals surface area contributed by atoms with Crippen LogP contribution in [0.25, 0.3) is 6.08 Å². The van der Waals surface area contributed by atoms with Gasteiger partial charge in [0.1, 0.15) is 11.9 Å². The molecule has 112 valence electrons. The lowest BCUT2D eigenvalue weighted by atomic mass is 9.92. The van der Waals surface area contributed by atoms with Crippen LogP contribution in [0, 0.1) is 0 Å². The molecular weight excluding hydrogens is 276 g/mol. The van der Waals surface area contributed by atoms with Crippen LogP contribution in [0.1, 0.15) is 42.6 Å². The molecule has 2 aromatic carbocycles. The van der Waals surface area contributed by atoms with Crippen molar-refractivity contribution in [3.05, 3.63) is 59.2 Å². The summed E-state index contributed by atoms with van der Waals surface area (Å²) in [5.41, 5.74) is 3.60. The molecule has 0 radical (unpaired) electrons. The third-order valence-electron chi connectivity index (χ3n) is 4.32. The molecule has 0 unspecified atom stereocenters. The lowest BCUT2D eigenvalue weighted by Gasteiger charge is -2.16. The highest BCUT2D eigenvalue weighted by Gasteiger charge is 2.33. The van der Waals surface area contributed by atoms with Crippen molar-refractivity contribution in [2.45, 2.75) is 25.9 Å². The van der Waals surface area contributed by atoms with Crippen molar-refractivity contribution in [2.75, 3.05) is 6.79 Å².